The second-order valence-corrected chi connectivity index (χ2v) is 6.94. The molecule has 1 saturated heterocycles. The summed E-state index contributed by atoms with van der Waals surface area (Å²) >= 11 is 0. The van der Waals surface area contributed by atoms with E-state index < -0.39 is 0 Å². The Balaban J connectivity index is 1.28. The van der Waals surface area contributed by atoms with Gasteiger partial charge in [-0.25, -0.2) is 0 Å². The van der Waals surface area contributed by atoms with E-state index in [1.165, 1.54) is 30.5 Å². The molecule has 0 spiro atoms. The lowest BCUT2D eigenvalue weighted by molar-refractivity contribution is -0.0681. The zero-order chi connectivity index (χ0) is 16.1. The van der Waals surface area contributed by atoms with Crippen molar-refractivity contribution < 1.29 is 9.47 Å². The first kappa shape index (κ1) is 16.7. The van der Waals surface area contributed by atoms with Gasteiger partial charge >= 0.3 is 0 Å². The van der Waals surface area contributed by atoms with Crippen LogP contribution in [0.2, 0.25) is 0 Å². The number of hydrogen-bond donors (Lipinski definition) is 1. The van der Waals surface area contributed by atoms with Crippen LogP contribution in [0.4, 0.5) is 0 Å². The zero-order valence-electron chi connectivity index (χ0n) is 14.5. The molecule has 2 aliphatic heterocycles. The molecule has 0 amide bonds. The average molecular weight is 318 g/mol. The summed E-state index contributed by atoms with van der Waals surface area (Å²) in [5, 5.41) is 3.56. The van der Waals surface area contributed by atoms with Gasteiger partial charge in [-0.1, -0.05) is 12.1 Å². The van der Waals surface area contributed by atoms with E-state index in [2.05, 4.69) is 42.3 Å². The van der Waals surface area contributed by atoms with Crippen molar-refractivity contribution in [1.82, 2.24) is 10.2 Å². The van der Waals surface area contributed by atoms with Crippen LogP contribution in [0.15, 0.2) is 18.2 Å². The molecule has 0 aromatic heterocycles. The molecule has 3 rings (SSSR count). The van der Waals surface area contributed by atoms with Crippen LogP contribution in [-0.2, 0) is 17.7 Å². The third kappa shape index (κ3) is 4.93. The van der Waals surface area contributed by atoms with Crippen molar-refractivity contribution in [3.8, 4) is 5.75 Å². The maximum Gasteiger partial charge on any atom is 0.122 e. The highest BCUT2D eigenvalue weighted by atomic mass is 16.5. The lowest BCUT2D eigenvalue weighted by Crippen LogP contribution is -2.45. The minimum Gasteiger partial charge on any atom is -0.493 e. The summed E-state index contributed by atoms with van der Waals surface area (Å²) in [6.07, 6.45) is 4.29. The summed E-state index contributed by atoms with van der Waals surface area (Å²) in [6.45, 7) is 10.6. The Morgan fingerprint density at radius 2 is 2.00 bits per heavy atom. The highest BCUT2D eigenvalue weighted by Gasteiger charge is 2.21. The van der Waals surface area contributed by atoms with Crippen LogP contribution in [-0.4, -0.2) is 49.9 Å². The second-order valence-electron chi connectivity index (χ2n) is 6.94. The summed E-state index contributed by atoms with van der Waals surface area (Å²) in [5.41, 5.74) is 2.73. The third-order valence-electron chi connectivity index (χ3n) is 4.66. The van der Waals surface area contributed by atoms with Crippen molar-refractivity contribution in [3.05, 3.63) is 29.3 Å². The molecule has 4 nitrogen and oxygen atoms in total. The summed E-state index contributed by atoms with van der Waals surface area (Å²) in [4.78, 5) is 2.54. The summed E-state index contributed by atoms with van der Waals surface area (Å²) in [7, 11) is 0. The molecular formula is C19H30N2O2. The predicted molar refractivity (Wildman–Crippen MR) is 93.0 cm³/mol. The fourth-order valence-corrected chi connectivity index (χ4v) is 3.63. The first-order valence-electron chi connectivity index (χ1n) is 9.04. The molecule has 2 unspecified atom stereocenters. The van der Waals surface area contributed by atoms with Gasteiger partial charge in [-0.05, 0) is 57.0 Å². The molecule has 2 heterocycles. The monoisotopic (exact) mass is 318 g/mol. The number of nitrogens with one attached hydrogen (secondary N) is 1. The minimum absolute atomic E-state index is 0.376. The molecule has 4 heteroatoms. The Morgan fingerprint density at radius 3 is 2.83 bits per heavy atom. The molecule has 1 N–H and O–H groups in total. The molecule has 0 saturated carbocycles. The van der Waals surface area contributed by atoms with Crippen molar-refractivity contribution in [2.24, 2.45) is 0 Å². The van der Waals surface area contributed by atoms with Crippen LogP contribution < -0.4 is 10.1 Å². The van der Waals surface area contributed by atoms with Gasteiger partial charge in [0.15, 0.2) is 0 Å². The molecule has 2 atom stereocenters. The minimum atomic E-state index is 0.376. The van der Waals surface area contributed by atoms with Gasteiger partial charge in [0.2, 0.25) is 0 Å². The number of fused-ring (bicyclic) bond motifs is 1. The van der Waals surface area contributed by atoms with Gasteiger partial charge in [0.05, 0.1) is 18.8 Å². The highest BCUT2D eigenvalue weighted by Crippen LogP contribution is 2.25. The van der Waals surface area contributed by atoms with Crippen molar-refractivity contribution in [2.75, 3.05) is 32.8 Å². The van der Waals surface area contributed by atoms with E-state index >= 15 is 0 Å². The van der Waals surface area contributed by atoms with Crippen LogP contribution in [0, 0.1) is 0 Å². The molecule has 1 aromatic carbocycles. The van der Waals surface area contributed by atoms with Crippen LogP contribution in [0.5, 0.6) is 5.75 Å². The Hall–Kier alpha value is -1.10. The van der Waals surface area contributed by atoms with Crippen molar-refractivity contribution in [3.63, 3.8) is 0 Å². The van der Waals surface area contributed by atoms with Crippen molar-refractivity contribution in [2.45, 2.75) is 51.9 Å². The summed E-state index contributed by atoms with van der Waals surface area (Å²) in [5.74, 6) is 1.07. The van der Waals surface area contributed by atoms with Crippen LogP contribution in [0.3, 0.4) is 0 Å². The van der Waals surface area contributed by atoms with Gasteiger partial charge < -0.3 is 14.8 Å². The number of rotatable bonds is 7. The maximum atomic E-state index is 5.78. The van der Waals surface area contributed by atoms with E-state index in [9.17, 15) is 0 Å². The molecule has 2 aliphatic rings. The smallest absolute Gasteiger partial charge is 0.122 e. The Bertz CT molecular complexity index is 496. The standard InChI is InChI=1S/C19H30N2O2/c1-15-13-21(14-16(2)23-15)9-4-3-8-20-12-17-5-6-19-18(11-17)7-10-22-19/h5-6,11,15-16,20H,3-4,7-10,12-14H2,1-2H3. The molecule has 0 aliphatic carbocycles. The van der Waals surface area contributed by atoms with E-state index in [1.54, 1.807) is 0 Å². The van der Waals surface area contributed by atoms with Crippen LogP contribution in [0.25, 0.3) is 0 Å². The van der Waals surface area contributed by atoms with Crippen molar-refractivity contribution in [1.29, 1.82) is 0 Å². The van der Waals surface area contributed by atoms with Crippen LogP contribution >= 0.6 is 0 Å². The number of ether oxygens (including phenoxy) is 2. The van der Waals surface area contributed by atoms with E-state index in [0.717, 1.165) is 45.0 Å². The van der Waals surface area contributed by atoms with E-state index in [1.807, 2.05) is 0 Å². The number of morpholine rings is 1. The number of nitrogens with zero attached hydrogens (tertiary/aromatic N) is 1. The first-order chi connectivity index (χ1) is 11.2. The summed E-state index contributed by atoms with van der Waals surface area (Å²) < 4.78 is 11.3. The predicted octanol–water partition coefficient (Wildman–Crippen LogP) is 2.60. The fraction of sp³-hybridized carbons (Fsp3) is 0.684. The molecule has 0 radical (unpaired) electrons. The molecule has 128 valence electrons. The fourth-order valence-electron chi connectivity index (χ4n) is 3.63. The van der Waals surface area contributed by atoms with Gasteiger partial charge in [0.1, 0.15) is 5.75 Å². The van der Waals surface area contributed by atoms with E-state index in [-0.39, 0.29) is 0 Å². The van der Waals surface area contributed by atoms with Crippen LogP contribution in [0.1, 0.15) is 37.8 Å². The van der Waals surface area contributed by atoms with Gasteiger partial charge in [-0.3, -0.25) is 4.90 Å². The largest absolute Gasteiger partial charge is 0.493 e. The molecular weight excluding hydrogens is 288 g/mol. The summed E-state index contributed by atoms with van der Waals surface area (Å²) in [6, 6.07) is 6.57. The molecule has 0 bridgehead atoms. The Morgan fingerprint density at radius 1 is 1.17 bits per heavy atom. The molecule has 23 heavy (non-hydrogen) atoms. The third-order valence-corrected chi connectivity index (χ3v) is 4.66. The lowest BCUT2D eigenvalue weighted by Gasteiger charge is -2.35. The first-order valence-corrected chi connectivity index (χ1v) is 9.04. The normalized spacial score (nSPS) is 24.4. The quantitative estimate of drug-likeness (QED) is 0.784. The lowest BCUT2D eigenvalue weighted by atomic mass is 10.1. The van der Waals surface area contributed by atoms with Gasteiger partial charge in [-0.2, -0.15) is 0 Å². The Kier molecular flexibility index (Phi) is 5.92. The van der Waals surface area contributed by atoms with Crippen molar-refractivity contribution >= 4 is 0 Å². The number of unbranched alkanes of at least 4 members (excludes halogenated alkanes) is 1. The van der Waals surface area contributed by atoms with Gasteiger partial charge in [-0.15, -0.1) is 0 Å². The molecule has 1 aromatic rings. The number of hydrogen-bond acceptors (Lipinski definition) is 4. The maximum absolute atomic E-state index is 5.78. The van der Waals surface area contributed by atoms with Gasteiger partial charge in [0, 0.05) is 26.1 Å². The average Bonchev–Trinajstić information content (AvgIpc) is 2.97. The second kappa shape index (κ2) is 8.13. The van der Waals surface area contributed by atoms with E-state index in [0.29, 0.717) is 12.2 Å². The zero-order valence-corrected chi connectivity index (χ0v) is 14.5. The highest BCUT2D eigenvalue weighted by molar-refractivity contribution is 5.39. The SMILES string of the molecule is CC1CN(CCCCNCc2ccc3c(c2)CCO3)CC(C)O1. The molecule has 1 fully saturated rings. The van der Waals surface area contributed by atoms with E-state index in [4.69, 9.17) is 9.47 Å². The van der Waals surface area contributed by atoms with Gasteiger partial charge in [0.25, 0.3) is 0 Å². The number of benzene rings is 1. The topological polar surface area (TPSA) is 33.7 Å². The Labute approximate surface area is 140 Å².